The van der Waals surface area contributed by atoms with Crippen molar-refractivity contribution in [3.8, 4) is 5.75 Å². The molecule has 0 heterocycles. The SMILES string of the molecule is C=CC(c1ccc(OC)cc1)C(C)(O)CCCCC. The Bertz CT molecular complexity index is 379. The maximum atomic E-state index is 10.7. The lowest BCUT2D eigenvalue weighted by Crippen LogP contribution is -2.31. The summed E-state index contributed by atoms with van der Waals surface area (Å²) in [5.74, 6) is 0.785. The van der Waals surface area contributed by atoms with Gasteiger partial charge in [0.05, 0.1) is 12.7 Å². The quantitative estimate of drug-likeness (QED) is 0.559. The number of unbranched alkanes of at least 4 members (excludes halogenated alkanes) is 2. The largest absolute Gasteiger partial charge is 0.497 e. The number of hydrogen-bond acceptors (Lipinski definition) is 2. The third kappa shape index (κ3) is 4.39. The first-order valence-corrected chi connectivity index (χ1v) is 7.04. The minimum absolute atomic E-state index is 0.0461. The Hall–Kier alpha value is -1.28. The third-order valence-corrected chi connectivity index (χ3v) is 3.67. The maximum Gasteiger partial charge on any atom is 0.118 e. The van der Waals surface area contributed by atoms with Gasteiger partial charge in [0.15, 0.2) is 0 Å². The van der Waals surface area contributed by atoms with E-state index in [9.17, 15) is 5.11 Å². The summed E-state index contributed by atoms with van der Waals surface area (Å²) in [4.78, 5) is 0. The van der Waals surface area contributed by atoms with Crippen molar-refractivity contribution in [3.63, 3.8) is 0 Å². The van der Waals surface area contributed by atoms with Crippen LogP contribution in [0.25, 0.3) is 0 Å². The summed E-state index contributed by atoms with van der Waals surface area (Å²) < 4.78 is 5.16. The van der Waals surface area contributed by atoms with E-state index in [1.165, 1.54) is 0 Å². The molecule has 1 rings (SSSR count). The Morgan fingerprint density at radius 1 is 1.32 bits per heavy atom. The van der Waals surface area contributed by atoms with Crippen molar-refractivity contribution < 1.29 is 9.84 Å². The van der Waals surface area contributed by atoms with Gasteiger partial charge in [-0.05, 0) is 31.0 Å². The van der Waals surface area contributed by atoms with E-state index in [1.54, 1.807) is 7.11 Å². The van der Waals surface area contributed by atoms with E-state index < -0.39 is 5.60 Å². The van der Waals surface area contributed by atoms with Crippen LogP contribution in [0.1, 0.15) is 51.0 Å². The topological polar surface area (TPSA) is 29.5 Å². The molecule has 19 heavy (non-hydrogen) atoms. The van der Waals surface area contributed by atoms with E-state index in [2.05, 4.69) is 13.5 Å². The van der Waals surface area contributed by atoms with Crippen molar-refractivity contribution >= 4 is 0 Å². The van der Waals surface area contributed by atoms with Gasteiger partial charge in [0, 0.05) is 5.92 Å². The van der Waals surface area contributed by atoms with Crippen LogP contribution in [0, 0.1) is 0 Å². The molecule has 0 radical (unpaired) electrons. The van der Waals surface area contributed by atoms with E-state index in [-0.39, 0.29) is 5.92 Å². The molecule has 0 aliphatic heterocycles. The molecule has 2 unspecified atom stereocenters. The molecule has 2 atom stereocenters. The van der Waals surface area contributed by atoms with Crippen molar-refractivity contribution in [2.24, 2.45) is 0 Å². The Labute approximate surface area is 117 Å². The average Bonchev–Trinajstić information content (AvgIpc) is 2.40. The third-order valence-electron chi connectivity index (χ3n) is 3.67. The smallest absolute Gasteiger partial charge is 0.118 e. The fourth-order valence-electron chi connectivity index (χ4n) is 2.45. The Morgan fingerprint density at radius 2 is 1.95 bits per heavy atom. The zero-order valence-electron chi connectivity index (χ0n) is 12.4. The number of aliphatic hydroxyl groups is 1. The standard InChI is InChI=1S/C17H26O2/c1-5-7-8-13-17(3,18)16(6-2)14-9-11-15(19-4)12-10-14/h6,9-12,16,18H,2,5,7-8,13H2,1,3-4H3. The molecule has 0 saturated heterocycles. The molecule has 0 amide bonds. The van der Waals surface area contributed by atoms with E-state index in [0.717, 1.165) is 37.0 Å². The van der Waals surface area contributed by atoms with Crippen LogP contribution in [0.2, 0.25) is 0 Å². The maximum absolute atomic E-state index is 10.7. The van der Waals surface area contributed by atoms with Gasteiger partial charge in [0.1, 0.15) is 5.75 Å². The van der Waals surface area contributed by atoms with Crippen molar-refractivity contribution in [3.05, 3.63) is 42.5 Å². The molecule has 0 aromatic heterocycles. The molecule has 106 valence electrons. The first-order valence-electron chi connectivity index (χ1n) is 7.04. The van der Waals surface area contributed by atoms with E-state index in [4.69, 9.17) is 4.74 Å². The van der Waals surface area contributed by atoms with Gasteiger partial charge < -0.3 is 9.84 Å². The number of rotatable bonds is 8. The predicted molar refractivity (Wildman–Crippen MR) is 80.7 cm³/mol. The fourth-order valence-corrected chi connectivity index (χ4v) is 2.45. The summed E-state index contributed by atoms with van der Waals surface area (Å²) in [6.45, 7) is 7.96. The molecule has 0 aliphatic rings. The molecule has 1 aromatic carbocycles. The van der Waals surface area contributed by atoms with Crippen molar-refractivity contribution in [2.75, 3.05) is 7.11 Å². The van der Waals surface area contributed by atoms with Gasteiger partial charge in [0.25, 0.3) is 0 Å². The van der Waals surface area contributed by atoms with Crippen molar-refractivity contribution in [1.29, 1.82) is 0 Å². The van der Waals surface area contributed by atoms with Crippen LogP contribution < -0.4 is 4.74 Å². The predicted octanol–water partition coefficient (Wildman–Crippen LogP) is 4.30. The molecule has 0 saturated carbocycles. The summed E-state index contributed by atoms with van der Waals surface area (Å²) >= 11 is 0. The molecular weight excluding hydrogens is 236 g/mol. The first-order chi connectivity index (χ1) is 9.05. The van der Waals surface area contributed by atoms with E-state index >= 15 is 0 Å². The lowest BCUT2D eigenvalue weighted by atomic mass is 9.80. The van der Waals surface area contributed by atoms with Gasteiger partial charge in [0.2, 0.25) is 0 Å². The van der Waals surface area contributed by atoms with Crippen molar-refractivity contribution in [1.82, 2.24) is 0 Å². The number of hydrogen-bond donors (Lipinski definition) is 1. The molecular formula is C17H26O2. The molecule has 0 fully saturated rings. The molecule has 0 spiro atoms. The molecule has 0 aliphatic carbocycles. The normalized spacial score (nSPS) is 15.6. The monoisotopic (exact) mass is 262 g/mol. The average molecular weight is 262 g/mol. The summed E-state index contributed by atoms with van der Waals surface area (Å²) in [6, 6.07) is 7.85. The fraction of sp³-hybridized carbons (Fsp3) is 0.529. The highest BCUT2D eigenvalue weighted by molar-refractivity contribution is 5.33. The van der Waals surface area contributed by atoms with Crippen molar-refractivity contribution in [2.45, 2.75) is 51.0 Å². The second-order valence-electron chi connectivity index (χ2n) is 5.30. The Balaban J connectivity index is 2.82. The van der Waals surface area contributed by atoms with E-state index in [1.807, 2.05) is 37.3 Å². The van der Waals surface area contributed by atoms with Gasteiger partial charge in [-0.3, -0.25) is 0 Å². The molecule has 1 aromatic rings. The molecule has 1 N–H and O–H groups in total. The molecule has 2 heteroatoms. The van der Waals surface area contributed by atoms with Gasteiger partial charge in [-0.25, -0.2) is 0 Å². The minimum Gasteiger partial charge on any atom is -0.497 e. The number of ether oxygens (including phenoxy) is 1. The summed E-state index contributed by atoms with van der Waals surface area (Å²) in [6.07, 6.45) is 6.00. The zero-order chi connectivity index (χ0) is 14.3. The van der Waals surface area contributed by atoms with Gasteiger partial charge in [-0.1, -0.05) is 44.4 Å². The van der Waals surface area contributed by atoms with Gasteiger partial charge >= 0.3 is 0 Å². The van der Waals surface area contributed by atoms with Crippen LogP contribution in [0.3, 0.4) is 0 Å². The highest BCUT2D eigenvalue weighted by Gasteiger charge is 2.30. The van der Waals surface area contributed by atoms with Gasteiger partial charge in [-0.2, -0.15) is 0 Å². The van der Waals surface area contributed by atoms with Crippen LogP contribution in [-0.4, -0.2) is 17.8 Å². The van der Waals surface area contributed by atoms with Gasteiger partial charge in [-0.15, -0.1) is 6.58 Å². The zero-order valence-corrected chi connectivity index (χ0v) is 12.4. The molecule has 2 nitrogen and oxygen atoms in total. The summed E-state index contributed by atoms with van der Waals surface area (Å²) in [5, 5.41) is 10.7. The summed E-state index contributed by atoms with van der Waals surface area (Å²) in [7, 11) is 1.65. The number of methoxy groups -OCH3 is 1. The summed E-state index contributed by atoms with van der Waals surface area (Å²) in [5.41, 5.74) is 0.336. The second-order valence-corrected chi connectivity index (χ2v) is 5.30. The number of benzene rings is 1. The van der Waals surface area contributed by atoms with Crippen LogP contribution >= 0.6 is 0 Å². The van der Waals surface area contributed by atoms with E-state index in [0.29, 0.717) is 0 Å². The highest BCUT2D eigenvalue weighted by Crippen LogP contribution is 2.34. The second kappa shape index (κ2) is 7.34. The van der Waals surface area contributed by atoms with Crippen LogP contribution in [0.15, 0.2) is 36.9 Å². The van der Waals surface area contributed by atoms with Crippen LogP contribution in [-0.2, 0) is 0 Å². The molecule has 0 bridgehead atoms. The lowest BCUT2D eigenvalue weighted by molar-refractivity contribution is 0.0337. The minimum atomic E-state index is -0.745. The Morgan fingerprint density at radius 3 is 2.42 bits per heavy atom. The Kier molecular flexibility index (Phi) is 6.10. The highest BCUT2D eigenvalue weighted by atomic mass is 16.5. The lowest BCUT2D eigenvalue weighted by Gasteiger charge is -2.31. The van der Waals surface area contributed by atoms with Crippen LogP contribution in [0.4, 0.5) is 0 Å². The van der Waals surface area contributed by atoms with Crippen LogP contribution in [0.5, 0.6) is 5.75 Å². The first kappa shape index (κ1) is 15.8.